The predicted molar refractivity (Wildman–Crippen MR) is 73.0 cm³/mol. The van der Waals surface area contributed by atoms with Crippen molar-refractivity contribution >= 4 is 5.69 Å². The van der Waals surface area contributed by atoms with Crippen molar-refractivity contribution in [1.29, 1.82) is 0 Å². The number of halogens is 1. The SMILES string of the molecule is Cc1ccc(N)cc1OCCOc1cccc(F)c1. The molecule has 3 nitrogen and oxygen atoms in total. The number of nitrogen functional groups attached to an aromatic ring is 1. The van der Waals surface area contributed by atoms with Crippen molar-refractivity contribution in [3.05, 3.63) is 53.8 Å². The standard InChI is InChI=1S/C15H16FNO2/c1-11-5-6-13(17)10-15(11)19-8-7-18-14-4-2-3-12(16)9-14/h2-6,9-10H,7-8,17H2,1H3. The van der Waals surface area contributed by atoms with Crippen LogP contribution >= 0.6 is 0 Å². The lowest BCUT2D eigenvalue weighted by molar-refractivity contribution is 0.216. The molecular weight excluding hydrogens is 245 g/mol. The third-order valence-corrected chi connectivity index (χ3v) is 2.62. The van der Waals surface area contributed by atoms with Gasteiger partial charge in [-0.25, -0.2) is 4.39 Å². The number of hydrogen-bond acceptors (Lipinski definition) is 3. The summed E-state index contributed by atoms with van der Waals surface area (Å²) in [5.41, 5.74) is 7.36. The molecule has 0 radical (unpaired) electrons. The molecule has 0 bridgehead atoms. The Labute approximate surface area is 111 Å². The number of nitrogens with two attached hydrogens (primary N) is 1. The van der Waals surface area contributed by atoms with Crippen LogP contribution in [-0.4, -0.2) is 13.2 Å². The van der Waals surface area contributed by atoms with E-state index < -0.39 is 0 Å². The van der Waals surface area contributed by atoms with E-state index >= 15 is 0 Å². The second-order valence-corrected chi connectivity index (χ2v) is 4.18. The van der Waals surface area contributed by atoms with Gasteiger partial charge in [-0.2, -0.15) is 0 Å². The van der Waals surface area contributed by atoms with Gasteiger partial charge in [0.25, 0.3) is 0 Å². The van der Waals surface area contributed by atoms with E-state index in [4.69, 9.17) is 15.2 Å². The van der Waals surface area contributed by atoms with Crippen LogP contribution in [0.15, 0.2) is 42.5 Å². The molecule has 0 spiro atoms. The van der Waals surface area contributed by atoms with E-state index in [0.717, 1.165) is 11.3 Å². The normalized spacial score (nSPS) is 10.2. The lowest BCUT2D eigenvalue weighted by Gasteiger charge is -2.10. The molecule has 2 N–H and O–H groups in total. The first kappa shape index (κ1) is 13.2. The van der Waals surface area contributed by atoms with Crippen LogP contribution in [0.1, 0.15) is 5.56 Å². The van der Waals surface area contributed by atoms with E-state index in [1.807, 2.05) is 19.1 Å². The number of anilines is 1. The fourth-order valence-corrected chi connectivity index (χ4v) is 1.64. The van der Waals surface area contributed by atoms with Crippen LogP contribution in [-0.2, 0) is 0 Å². The summed E-state index contributed by atoms with van der Waals surface area (Å²) in [6.07, 6.45) is 0. The molecule has 0 fully saturated rings. The van der Waals surface area contributed by atoms with E-state index in [-0.39, 0.29) is 5.82 Å². The Kier molecular flexibility index (Phi) is 4.23. The Balaban J connectivity index is 1.82. The van der Waals surface area contributed by atoms with Crippen molar-refractivity contribution in [2.45, 2.75) is 6.92 Å². The second-order valence-electron chi connectivity index (χ2n) is 4.18. The predicted octanol–water partition coefficient (Wildman–Crippen LogP) is 3.17. The van der Waals surface area contributed by atoms with Crippen LogP contribution in [0.5, 0.6) is 11.5 Å². The highest BCUT2D eigenvalue weighted by molar-refractivity contribution is 5.47. The quantitative estimate of drug-likeness (QED) is 0.664. The Morgan fingerprint density at radius 3 is 2.63 bits per heavy atom. The molecule has 0 atom stereocenters. The molecule has 100 valence electrons. The van der Waals surface area contributed by atoms with Gasteiger partial charge in [0, 0.05) is 17.8 Å². The number of benzene rings is 2. The van der Waals surface area contributed by atoms with E-state index in [1.165, 1.54) is 12.1 Å². The van der Waals surface area contributed by atoms with Crippen molar-refractivity contribution in [2.24, 2.45) is 0 Å². The van der Waals surface area contributed by atoms with E-state index in [9.17, 15) is 4.39 Å². The number of ether oxygens (including phenoxy) is 2. The Morgan fingerprint density at radius 1 is 1.05 bits per heavy atom. The van der Waals surface area contributed by atoms with Crippen LogP contribution in [0.4, 0.5) is 10.1 Å². The summed E-state index contributed by atoms with van der Waals surface area (Å²) in [6.45, 7) is 2.67. The minimum Gasteiger partial charge on any atom is -0.490 e. The average Bonchev–Trinajstić information content (AvgIpc) is 2.39. The molecule has 0 heterocycles. The summed E-state index contributed by atoms with van der Waals surface area (Å²) in [6, 6.07) is 11.5. The topological polar surface area (TPSA) is 44.5 Å². The minimum absolute atomic E-state index is 0.315. The van der Waals surface area contributed by atoms with Gasteiger partial charge in [0.15, 0.2) is 0 Å². The zero-order valence-electron chi connectivity index (χ0n) is 10.7. The van der Waals surface area contributed by atoms with Gasteiger partial charge in [-0.05, 0) is 30.7 Å². The van der Waals surface area contributed by atoms with Crippen LogP contribution < -0.4 is 15.2 Å². The first-order valence-electron chi connectivity index (χ1n) is 6.02. The monoisotopic (exact) mass is 261 g/mol. The van der Waals surface area contributed by atoms with Gasteiger partial charge in [-0.3, -0.25) is 0 Å². The fourth-order valence-electron chi connectivity index (χ4n) is 1.64. The third kappa shape index (κ3) is 3.88. The molecule has 0 amide bonds. The molecule has 0 aromatic heterocycles. The molecule has 0 aliphatic rings. The summed E-state index contributed by atoms with van der Waals surface area (Å²) in [4.78, 5) is 0. The van der Waals surface area contributed by atoms with Crippen molar-refractivity contribution in [1.82, 2.24) is 0 Å². The molecule has 19 heavy (non-hydrogen) atoms. The van der Waals surface area contributed by atoms with Gasteiger partial charge in [0.2, 0.25) is 0 Å². The Hall–Kier alpha value is -2.23. The maximum Gasteiger partial charge on any atom is 0.126 e. The minimum atomic E-state index is -0.315. The van der Waals surface area contributed by atoms with Crippen molar-refractivity contribution < 1.29 is 13.9 Å². The van der Waals surface area contributed by atoms with Gasteiger partial charge in [-0.15, -0.1) is 0 Å². The number of rotatable bonds is 5. The molecule has 2 aromatic carbocycles. The summed E-state index contributed by atoms with van der Waals surface area (Å²) in [5, 5.41) is 0. The Morgan fingerprint density at radius 2 is 1.84 bits per heavy atom. The zero-order valence-corrected chi connectivity index (χ0v) is 10.7. The zero-order chi connectivity index (χ0) is 13.7. The van der Waals surface area contributed by atoms with Crippen LogP contribution in [0, 0.1) is 12.7 Å². The lowest BCUT2D eigenvalue weighted by Crippen LogP contribution is -2.09. The van der Waals surface area contributed by atoms with E-state index in [0.29, 0.717) is 24.7 Å². The summed E-state index contributed by atoms with van der Waals surface area (Å²) in [7, 11) is 0. The molecule has 0 saturated carbocycles. The third-order valence-electron chi connectivity index (χ3n) is 2.62. The van der Waals surface area contributed by atoms with Crippen LogP contribution in [0.2, 0.25) is 0 Å². The fraction of sp³-hybridized carbons (Fsp3) is 0.200. The van der Waals surface area contributed by atoms with E-state index in [2.05, 4.69) is 0 Å². The highest BCUT2D eigenvalue weighted by atomic mass is 19.1. The van der Waals surface area contributed by atoms with E-state index in [1.54, 1.807) is 18.2 Å². The molecule has 0 unspecified atom stereocenters. The lowest BCUT2D eigenvalue weighted by atomic mass is 10.2. The van der Waals surface area contributed by atoms with Gasteiger partial charge in [0.05, 0.1) is 0 Å². The first-order chi connectivity index (χ1) is 9.15. The molecule has 2 rings (SSSR count). The molecule has 0 aliphatic carbocycles. The molecular formula is C15H16FNO2. The summed E-state index contributed by atoms with van der Waals surface area (Å²) < 4.78 is 23.9. The van der Waals surface area contributed by atoms with Crippen LogP contribution in [0.3, 0.4) is 0 Å². The molecule has 2 aromatic rings. The van der Waals surface area contributed by atoms with Crippen molar-refractivity contribution in [2.75, 3.05) is 18.9 Å². The van der Waals surface area contributed by atoms with Gasteiger partial charge < -0.3 is 15.2 Å². The smallest absolute Gasteiger partial charge is 0.126 e. The Bertz CT molecular complexity index is 558. The van der Waals surface area contributed by atoms with Crippen LogP contribution in [0.25, 0.3) is 0 Å². The maximum atomic E-state index is 12.9. The van der Waals surface area contributed by atoms with Crippen molar-refractivity contribution in [3.63, 3.8) is 0 Å². The molecule has 4 heteroatoms. The highest BCUT2D eigenvalue weighted by Gasteiger charge is 2.01. The number of hydrogen-bond donors (Lipinski definition) is 1. The first-order valence-corrected chi connectivity index (χ1v) is 6.02. The van der Waals surface area contributed by atoms with Gasteiger partial charge in [0.1, 0.15) is 30.5 Å². The van der Waals surface area contributed by atoms with Gasteiger partial charge >= 0.3 is 0 Å². The number of aryl methyl sites for hydroxylation is 1. The molecule has 0 saturated heterocycles. The largest absolute Gasteiger partial charge is 0.490 e. The average molecular weight is 261 g/mol. The van der Waals surface area contributed by atoms with Crippen molar-refractivity contribution in [3.8, 4) is 11.5 Å². The summed E-state index contributed by atoms with van der Waals surface area (Å²) in [5.74, 6) is 0.917. The maximum absolute atomic E-state index is 12.9. The van der Waals surface area contributed by atoms with Gasteiger partial charge in [-0.1, -0.05) is 12.1 Å². The highest BCUT2D eigenvalue weighted by Crippen LogP contribution is 2.20. The second kappa shape index (κ2) is 6.09. The molecule has 0 aliphatic heterocycles. The summed E-state index contributed by atoms with van der Waals surface area (Å²) >= 11 is 0.